The van der Waals surface area contributed by atoms with Crippen LogP contribution in [0.3, 0.4) is 0 Å². The molecule has 31 heavy (non-hydrogen) atoms. The maximum absolute atomic E-state index is 11.4. The summed E-state index contributed by atoms with van der Waals surface area (Å²) in [7, 11) is 0. The number of para-hydroxylation sites is 2. The molecule has 0 amide bonds. The van der Waals surface area contributed by atoms with Crippen LogP contribution in [0, 0.1) is 0 Å². The highest BCUT2D eigenvalue weighted by Crippen LogP contribution is 2.23. The number of hydrogen-bond donors (Lipinski definition) is 2. The van der Waals surface area contributed by atoms with Crippen molar-refractivity contribution in [2.24, 2.45) is 0 Å². The molecule has 0 radical (unpaired) electrons. The summed E-state index contributed by atoms with van der Waals surface area (Å²) in [5.74, 6) is -0.392. The van der Waals surface area contributed by atoms with Gasteiger partial charge < -0.3 is 19.7 Å². The SMILES string of the molecule is O=C(O)CN1CCCN(CC(=O)O)Cc2ccccc2OCCOc2ccccc2C1. The van der Waals surface area contributed by atoms with Crippen LogP contribution in [-0.4, -0.2) is 71.3 Å². The third kappa shape index (κ3) is 7.27. The first-order valence-corrected chi connectivity index (χ1v) is 10.3. The van der Waals surface area contributed by atoms with Crippen molar-refractivity contribution in [2.75, 3.05) is 39.4 Å². The molecule has 2 aromatic rings. The molecule has 0 spiro atoms. The second kappa shape index (κ2) is 11.3. The van der Waals surface area contributed by atoms with E-state index in [2.05, 4.69) is 0 Å². The summed E-state index contributed by atoms with van der Waals surface area (Å²) in [6, 6.07) is 15.2. The first-order valence-electron chi connectivity index (χ1n) is 10.3. The van der Waals surface area contributed by atoms with Crippen LogP contribution in [0.25, 0.3) is 0 Å². The van der Waals surface area contributed by atoms with E-state index >= 15 is 0 Å². The second-order valence-electron chi connectivity index (χ2n) is 7.47. The molecule has 0 saturated carbocycles. The van der Waals surface area contributed by atoms with Gasteiger partial charge in [0.05, 0.1) is 13.1 Å². The van der Waals surface area contributed by atoms with E-state index in [0.717, 1.165) is 11.1 Å². The zero-order valence-corrected chi connectivity index (χ0v) is 17.4. The summed E-state index contributed by atoms with van der Waals surface area (Å²) in [4.78, 5) is 26.4. The van der Waals surface area contributed by atoms with Crippen LogP contribution < -0.4 is 9.47 Å². The third-order valence-corrected chi connectivity index (χ3v) is 5.00. The van der Waals surface area contributed by atoms with E-state index in [0.29, 0.717) is 57.3 Å². The van der Waals surface area contributed by atoms with Gasteiger partial charge in [-0.2, -0.15) is 0 Å². The van der Waals surface area contributed by atoms with Gasteiger partial charge in [0, 0.05) is 37.3 Å². The molecular formula is C23H28N2O6. The zero-order chi connectivity index (χ0) is 22.1. The van der Waals surface area contributed by atoms with Crippen molar-refractivity contribution < 1.29 is 29.3 Å². The normalized spacial score (nSPS) is 16.5. The molecular weight excluding hydrogens is 400 g/mol. The number of rotatable bonds is 4. The Labute approximate surface area is 181 Å². The number of hydrogen-bond acceptors (Lipinski definition) is 6. The van der Waals surface area contributed by atoms with Gasteiger partial charge >= 0.3 is 11.9 Å². The van der Waals surface area contributed by atoms with Gasteiger partial charge in [-0.3, -0.25) is 19.4 Å². The number of fused-ring (bicyclic) bond motifs is 2. The van der Waals surface area contributed by atoms with E-state index < -0.39 is 11.9 Å². The lowest BCUT2D eigenvalue weighted by atomic mass is 10.1. The summed E-state index contributed by atoms with van der Waals surface area (Å²) in [6.07, 6.45) is 0.632. The Morgan fingerprint density at radius 2 is 1.16 bits per heavy atom. The smallest absolute Gasteiger partial charge is 0.317 e. The number of benzene rings is 2. The minimum absolute atomic E-state index is 0.0980. The quantitative estimate of drug-likeness (QED) is 0.766. The fourth-order valence-electron chi connectivity index (χ4n) is 3.66. The van der Waals surface area contributed by atoms with E-state index in [4.69, 9.17) is 9.47 Å². The number of carboxylic acid groups (broad SMARTS) is 2. The van der Waals surface area contributed by atoms with Crippen LogP contribution >= 0.6 is 0 Å². The number of ether oxygens (including phenoxy) is 2. The summed E-state index contributed by atoms with van der Waals surface area (Å²) in [6.45, 7) is 2.39. The van der Waals surface area contributed by atoms with Crippen LogP contribution in [0.1, 0.15) is 17.5 Å². The van der Waals surface area contributed by atoms with Crippen LogP contribution in [-0.2, 0) is 22.7 Å². The van der Waals surface area contributed by atoms with Gasteiger partial charge in [-0.15, -0.1) is 0 Å². The molecule has 2 aromatic carbocycles. The number of carboxylic acids is 2. The molecule has 166 valence electrons. The number of nitrogens with zero attached hydrogens (tertiary/aromatic N) is 2. The van der Waals surface area contributed by atoms with E-state index in [1.165, 1.54) is 0 Å². The molecule has 2 N–H and O–H groups in total. The zero-order valence-electron chi connectivity index (χ0n) is 17.4. The Kier molecular flexibility index (Phi) is 8.26. The lowest BCUT2D eigenvalue weighted by molar-refractivity contribution is -0.139. The Hall–Kier alpha value is -3.10. The summed E-state index contributed by atoms with van der Waals surface area (Å²) in [5, 5.41) is 18.6. The van der Waals surface area contributed by atoms with E-state index in [-0.39, 0.29) is 13.1 Å². The fourth-order valence-corrected chi connectivity index (χ4v) is 3.66. The molecule has 1 aliphatic rings. The maximum atomic E-state index is 11.4. The Bertz CT molecular complexity index is 816. The molecule has 8 heteroatoms. The van der Waals surface area contributed by atoms with E-state index in [1.54, 1.807) is 0 Å². The fraction of sp³-hybridized carbons (Fsp3) is 0.391. The molecule has 0 saturated heterocycles. The lowest BCUT2D eigenvalue weighted by Crippen LogP contribution is -2.35. The average molecular weight is 428 g/mol. The van der Waals surface area contributed by atoms with Gasteiger partial charge in [-0.05, 0) is 18.6 Å². The average Bonchev–Trinajstić information content (AvgIpc) is 2.72. The van der Waals surface area contributed by atoms with Crippen LogP contribution in [0.2, 0.25) is 0 Å². The predicted molar refractivity (Wildman–Crippen MR) is 114 cm³/mol. The molecule has 3 rings (SSSR count). The standard InChI is InChI=1S/C23H28N2O6/c26-22(27)16-24-10-5-11-25(17-23(28)29)15-19-7-2-4-9-21(19)31-13-12-30-20-8-3-1-6-18(20)14-24/h1-4,6-9H,5,10-17H2,(H,26,27)(H,28,29). The van der Waals surface area contributed by atoms with Crippen molar-refractivity contribution >= 4 is 11.9 Å². The van der Waals surface area contributed by atoms with Crippen molar-refractivity contribution in [1.82, 2.24) is 9.80 Å². The van der Waals surface area contributed by atoms with Gasteiger partial charge in [-0.1, -0.05) is 36.4 Å². The Morgan fingerprint density at radius 3 is 1.58 bits per heavy atom. The minimum atomic E-state index is -0.902. The molecule has 1 aliphatic heterocycles. The van der Waals surface area contributed by atoms with Gasteiger partial charge in [-0.25, -0.2) is 0 Å². The Balaban J connectivity index is 1.84. The second-order valence-corrected chi connectivity index (χ2v) is 7.47. The highest BCUT2D eigenvalue weighted by molar-refractivity contribution is 5.69. The molecule has 0 fully saturated rings. The van der Waals surface area contributed by atoms with Crippen molar-refractivity contribution in [3.05, 3.63) is 59.7 Å². The molecule has 8 nitrogen and oxygen atoms in total. The van der Waals surface area contributed by atoms with Crippen LogP contribution in [0.4, 0.5) is 0 Å². The number of carbonyl (C=O) groups is 2. The van der Waals surface area contributed by atoms with E-state index in [9.17, 15) is 19.8 Å². The van der Waals surface area contributed by atoms with Gasteiger partial charge in [0.25, 0.3) is 0 Å². The summed E-state index contributed by atoms with van der Waals surface area (Å²) < 4.78 is 11.8. The van der Waals surface area contributed by atoms with Crippen LogP contribution in [0.5, 0.6) is 11.5 Å². The highest BCUT2D eigenvalue weighted by atomic mass is 16.5. The molecule has 0 aliphatic carbocycles. The summed E-state index contributed by atoms with van der Waals surface area (Å²) in [5.41, 5.74) is 1.81. The van der Waals surface area contributed by atoms with Crippen molar-refractivity contribution in [3.8, 4) is 11.5 Å². The molecule has 1 heterocycles. The summed E-state index contributed by atoms with van der Waals surface area (Å²) >= 11 is 0. The third-order valence-electron chi connectivity index (χ3n) is 5.00. The largest absolute Gasteiger partial charge is 0.490 e. The number of aliphatic carboxylic acids is 2. The Morgan fingerprint density at radius 1 is 0.742 bits per heavy atom. The lowest BCUT2D eigenvalue weighted by Gasteiger charge is -2.25. The van der Waals surface area contributed by atoms with Gasteiger partial charge in [0.2, 0.25) is 0 Å². The van der Waals surface area contributed by atoms with Gasteiger partial charge in [0.15, 0.2) is 0 Å². The predicted octanol–water partition coefficient (Wildman–Crippen LogP) is 2.32. The van der Waals surface area contributed by atoms with Crippen LogP contribution in [0.15, 0.2) is 48.5 Å². The molecule has 0 unspecified atom stereocenters. The topological polar surface area (TPSA) is 99.5 Å². The van der Waals surface area contributed by atoms with E-state index in [1.807, 2.05) is 58.3 Å². The highest BCUT2D eigenvalue weighted by Gasteiger charge is 2.17. The van der Waals surface area contributed by atoms with Crippen molar-refractivity contribution in [1.29, 1.82) is 0 Å². The first kappa shape index (κ1) is 22.6. The maximum Gasteiger partial charge on any atom is 0.317 e. The minimum Gasteiger partial charge on any atom is -0.490 e. The molecule has 0 bridgehead atoms. The first-order chi connectivity index (χ1) is 15.0. The molecule has 0 aromatic heterocycles. The monoisotopic (exact) mass is 428 g/mol. The molecule has 0 atom stereocenters. The van der Waals surface area contributed by atoms with Crippen molar-refractivity contribution in [2.45, 2.75) is 19.5 Å². The van der Waals surface area contributed by atoms with Gasteiger partial charge in [0.1, 0.15) is 24.7 Å². The van der Waals surface area contributed by atoms with Crippen molar-refractivity contribution in [3.63, 3.8) is 0 Å².